The molecular weight excluding hydrogens is 640 g/mol. The molecule has 4 aromatic rings. The van der Waals surface area contributed by atoms with Crippen molar-refractivity contribution in [1.29, 1.82) is 5.26 Å². The molecule has 0 bridgehead atoms. The number of nitrogens with zero attached hydrogens (tertiary/aromatic N) is 4. The first-order chi connectivity index (χ1) is 21.3. The van der Waals surface area contributed by atoms with Crippen LogP contribution >= 0.6 is 0 Å². The number of rotatable bonds is 10. The second kappa shape index (κ2) is 12.6. The Morgan fingerprint density at radius 1 is 1.20 bits per heavy atom. The summed E-state index contributed by atoms with van der Waals surface area (Å²) in [6, 6.07) is 9.68. The van der Waals surface area contributed by atoms with Crippen molar-refractivity contribution in [1.82, 2.24) is 18.8 Å². The van der Waals surface area contributed by atoms with Crippen LogP contribution in [0.5, 0.6) is 5.75 Å². The van der Waals surface area contributed by atoms with E-state index in [1.165, 1.54) is 62.8 Å². The number of nitrogens with one attached hydrogen (secondary N) is 1. The number of benzene rings is 2. The van der Waals surface area contributed by atoms with Crippen molar-refractivity contribution in [3.05, 3.63) is 59.0 Å². The Morgan fingerprint density at radius 2 is 1.87 bits per heavy atom. The molecule has 0 aliphatic rings. The standard InChI is InChI=1S/C31H38F3N5O5SSi/c1-19-15-24(43-5)25(21-11-12-38(26(19)21)28(40)41)30(31(32,33)34,37-45(42)29(2,3)4)27-36-22-16-20(17-35)9-10-23(22)39(27)18-44-13-14-46(6,7)8/h9-12,15-16,37H,13-14,18H2,1-8H3,(H,40,41). The molecule has 0 saturated heterocycles. The van der Waals surface area contributed by atoms with Gasteiger partial charge in [-0.05, 0) is 69.6 Å². The van der Waals surface area contributed by atoms with Gasteiger partial charge < -0.3 is 23.7 Å². The number of fused-ring (bicyclic) bond motifs is 2. The molecular formula is C31H38F3N5O5SSi. The number of carbonyl (C=O) groups is 1. The molecule has 0 radical (unpaired) electrons. The molecule has 10 nitrogen and oxygen atoms in total. The highest BCUT2D eigenvalue weighted by atomic mass is 32.2. The number of hydrogen-bond donors (Lipinski definition) is 2. The maximum absolute atomic E-state index is 16.3. The van der Waals surface area contributed by atoms with Gasteiger partial charge in [0.25, 0.3) is 0 Å². The summed E-state index contributed by atoms with van der Waals surface area (Å²) in [4.78, 5) is 16.6. The van der Waals surface area contributed by atoms with Gasteiger partial charge in [0.15, 0.2) is 5.82 Å². The van der Waals surface area contributed by atoms with Gasteiger partial charge >= 0.3 is 12.3 Å². The second-order valence-electron chi connectivity index (χ2n) is 13.3. The average Bonchev–Trinajstić information content (AvgIpc) is 3.54. The third kappa shape index (κ3) is 6.49. The highest BCUT2D eigenvalue weighted by molar-refractivity contribution is 7.90. The normalized spacial score (nSPS) is 14.8. The van der Waals surface area contributed by atoms with Crippen LogP contribution in [0.4, 0.5) is 18.0 Å². The minimum Gasteiger partial charge on any atom is -0.598 e. The van der Waals surface area contributed by atoms with Crippen molar-refractivity contribution in [3.63, 3.8) is 0 Å². The Morgan fingerprint density at radius 3 is 2.41 bits per heavy atom. The van der Waals surface area contributed by atoms with Crippen LogP contribution in [-0.2, 0) is 28.4 Å². The Bertz CT molecular complexity index is 1820. The van der Waals surface area contributed by atoms with Gasteiger partial charge in [-0.1, -0.05) is 19.6 Å². The van der Waals surface area contributed by atoms with Crippen molar-refractivity contribution in [2.45, 2.75) is 76.6 Å². The fraction of sp³-hybridized carbons (Fsp3) is 0.452. The van der Waals surface area contributed by atoms with Crippen molar-refractivity contribution >= 4 is 47.5 Å². The Kier molecular flexibility index (Phi) is 9.65. The van der Waals surface area contributed by atoms with Crippen LogP contribution in [0.1, 0.15) is 43.3 Å². The Hall–Kier alpha value is -3.55. The molecule has 0 fully saturated rings. The first kappa shape index (κ1) is 35.3. The van der Waals surface area contributed by atoms with E-state index in [1.54, 1.807) is 6.92 Å². The van der Waals surface area contributed by atoms with E-state index < -0.39 is 53.4 Å². The van der Waals surface area contributed by atoms with E-state index in [0.717, 1.165) is 16.8 Å². The molecule has 15 heteroatoms. The first-order valence-electron chi connectivity index (χ1n) is 14.4. The highest BCUT2D eigenvalue weighted by Crippen LogP contribution is 2.52. The largest absolute Gasteiger partial charge is 0.598 e. The molecule has 248 valence electrons. The van der Waals surface area contributed by atoms with Gasteiger partial charge in [-0.3, -0.25) is 4.57 Å². The lowest BCUT2D eigenvalue weighted by Crippen LogP contribution is -2.61. The zero-order valence-corrected chi connectivity index (χ0v) is 28.8. The maximum Gasteiger partial charge on any atom is 0.422 e. The molecule has 0 aliphatic heterocycles. The molecule has 0 spiro atoms. The van der Waals surface area contributed by atoms with Crippen molar-refractivity contribution in [2.24, 2.45) is 0 Å². The summed E-state index contributed by atoms with van der Waals surface area (Å²) < 4.78 is 77.6. The van der Waals surface area contributed by atoms with Crippen LogP contribution in [0.15, 0.2) is 36.5 Å². The zero-order valence-electron chi connectivity index (χ0n) is 27.0. The monoisotopic (exact) mass is 677 g/mol. The number of nitriles is 1. The summed E-state index contributed by atoms with van der Waals surface area (Å²) in [7, 11) is -0.351. The minimum atomic E-state index is -5.25. The lowest BCUT2D eigenvalue weighted by molar-refractivity contribution is -0.185. The number of imidazole rings is 1. The Labute approximate surface area is 269 Å². The summed E-state index contributed by atoms with van der Waals surface area (Å²) in [6.45, 7) is 12.5. The minimum absolute atomic E-state index is 0.001000. The van der Waals surface area contributed by atoms with Crippen molar-refractivity contribution in [2.75, 3.05) is 13.7 Å². The molecule has 2 heterocycles. The quantitative estimate of drug-likeness (QED) is 0.105. The van der Waals surface area contributed by atoms with Gasteiger partial charge in [-0.25, -0.2) is 9.78 Å². The van der Waals surface area contributed by atoms with Gasteiger partial charge in [0.2, 0.25) is 5.54 Å². The Balaban J connectivity index is 2.20. The van der Waals surface area contributed by atoms with E-state index in [4.69, 9.17) is 9.47 Å². The summed E-state index contributed by atoms with van der Waals surface area (Å²) in [5.74, 6) is -0.831. The fourth-order valence-corrected chi connectivity index (χ4v) is 6.84. The molecule has 4 rings (SSSR count). The van der Waals surface area contributed by atoms with Crippen LogP contribution in [0.25, 0.3) is 21.9 Å². The molecule has 0 saturated carbocycles. The van der Waals surface area contributed by atoms with E-state index in [2.05, 4.69) is 29.3 Å². The summed E-state index contributed by atoms with van der Waals surface area (Å²) in [5.41, 5.74) is -2.98. The van der Waals surface area contributed by atoms with Crippen LogP contribution in [0.2, 0.25) is 25.7 Å². The smallest absolute Gasteiger partial charge is 0.422 e. The zero-order chi connectivity index (χ0) is 34.4. The highest BCUT2D eigenvalue weighted by Gasteiger charge is 2.66. The van der Waals surface area contributed by atoms with Gasteiger partial charge in [-0.15, -0.1) is 4.72 Å². The van der Waals surface area contributed by atoms with E-state index in [-0.39, 0.29) is 46.6 Å². The number of halogens is 3. The molecule has 0 amide bonds. The molecule has 2 N–H and O–H groups in total. The van der Waals surface area contributed by atoms with Crippen LogP contribution in [0.3, 0.4) is 0 Å². The molecule has 2 unspecified atom stereocenters. The number of alkyl halides is 3. The predicted octanol–water partition coefficient (Wildman–Crippen LogP) is 6.88. The lowest BCUT2D eigenvalue weighted by Gasteiger charge is -2.39. The average molecular weight is 678 g/mol. The molecule has 2 atom stereocenters. The second-order valence-corrected chi connectivity index (χ2v) is 20.8. The molecule has 2 aromatic carbocycles. The van der Waals surface area contributed by atoms with E-state index in [0.29, 0.717) is 5.56 Å². The summed E-state index contributed by atoms with van der Waals surface area (Å²) in [5, 5.41) is 19.4. The number of aromatic nitrogens is 3. The number of methoxy groups -OCH3 is 1. The molecule has 46 heavy (non-hydrogen) atoms. The van der Waals surface area contributed by atoms with Gasteiger partial charge in [0.1, 0.15) is 17.2 Å². The van der Waals surface area contributed by atoms with Gasteiger partial charge in [-0.2, -0.15) is 18.4 Å². The number of carboxylic acid groups (broad SMARTS) is 1. The van der Waals surface area contributed by atoms with Crippen LogP contribution in [-0.4, -0.2) is 62.6 Å². The van der Waals surface area contributed by atoms with Crippen LogP contribution in [0, 0.1) is 18.3 Å². The SMILES string of the molecule is COc1cc(C)c2c(ccn2C(=O)O)c1C(N[S+]([O-])C(C)(C)C)(c1nc2cc(C#N)ccc2n1COCC[Si](C)(C)C)C(F)(F)F. The number of hydrogen-bond acceptors (Lipinski definition) is 7. The summed E-state index contributed by atoms with van der Waals surface area (Å²) in [6.07, 6.45) is -5.48. The predicted molar refractivity (Wildman–Crippen MR) is 173 cm³/mol. The molecule has 2 aromatic heterocycles. The fourth-order valence-electron chi connectivity index (χ4n) is 5.19. The number of ether oxygens (including phenoxy) is 2. The van der Waals surface area contributed by atoms with E-state index in [1.807, 2.05) is 6.07 Å². The van der Waals surface area contributed by atoms with Crippen molar-refractivity contribution < 1.29 is 37.1 Å². The number of aryl methyl sites for hydroxylation is 1. The lowest BCUT2D eigenvalue weighted by atomic mass is 9.84. The summed E-state index contributed by atoms with van der Waals surface area (Å²) >= 11 is -2.36. The van der Waals surface area contributed by atoms with Crippen LogP contribution < -0.4 is 9.46 Å². The third-order valence-corrected chi connectivity index (χ3v) is 10.9. The van der Waals surface area contributed by atoms with Crippen molar-refractivity contribution in [3.8, 4) is 11.8 Å². The molecule has 0 aliphatic carbocycles. The third-order valence-electron chi connectivity index (χ3n) is 7.58. The maximum atomic E-state index is 16.3. The van der Waals surface area contributed by atoms with Gasteiger partial charge in [0.05, 0.1) is 35.3 Å². The topological polar surface area (TPSA) is 137 Å². The van der Waals surface area contributed by atoms with Gasteiger partial charge in [0, 0.05) is 43.2 Å². The van der Waals surface area contributed by atoms with E-state index >= 15 is 13.2 Å². The van der Waals surface area contributed by atoms with E-state index in [9.17, 15) is 19.7 Å². The first-order valence-corrected chi connectivity index (χ1v) is 19.3.